The minimum atomic E-state index is -1.69. The summed E-state index contributed by atoms with van der Waals surface area (Å²) in [5.41, 5.74) is 6.49. The summed E-state index contributed by atoms with van der Waals surface area (Å²) >= 11 is 12.1. The third kappa shape index (κ3) is 3.05. The van der Waals surface area contributed by atoms with E-state index >= 15 is 0 Å². The summed E-state index contributed by atoms with van der Waals surface area (Å²) in [6.07, 6.45) is 1.73. The fraction of sp³-hybridized carbons (Fsp3) is 0.0952. The SMILES string of the molecule is N#CC1=C(N)C(C#N)(C#N)C(c2ccc(Cl)cc2)C=C1c1cccc(Cl)c1. The van der Waals surface area contributed by atoms with Crippen molar-refractivity contribution in [2.24, 2.45) is 11.1 Å². The van der Waals surface area contributed by atoms with Gasteiger partial charge in [-0.15, -0.1) is 0 Å². The number of benzene rings is 2. The van der Waals surface area contributed by atoms with Crippen molar-refractivity contribution in [1.29, 1.82) is 15.8 Å². The Morgan fingerprint density at radius 2 is 1.59 bits per heavy atom. The van der Waals surface area contributed by atoms with Gasteiger partial charge in [0, 0.05) is 16.0 Å². The highest BCUT2D eigenvalue weighted by Gasteiger charge is 2.47. The summed E-state index contributed by atoms with van der Waals surface area (Å²) in [7, 11) is 0. The van der Waals surface area contributed by atoms with E-state index in [-0.39, 0.29) is 11.3 Å². The normalized spacial score (nSPS) is 18.0. The van der Waals surface area contributed by atoms with Gasteiger partial charge in [-0.2, -0.15) is 15.8 Å². The van der Waals surface area contributed by atoms with Crippen molar-refractivity contribution < 1.29 is 0 Å². The third-order valence-electron chi connectivity index (χ3n) is 4.59. The Morgan fingerprint density at radius 3 is 2.15 bits per heavy atom. The van der Waals surface area contributed by atoms with Gasteiger partial charge in [-0.1, -0.05) is 53.5 Å². The quantitative estimate of drug-likeness (QED) is 0.784. The molecule has 1 aliphatic carbocycles. The van der Waals surface area contributed by atoms with Crippen LogP contribution in [0.25, 0.3) is 5.57 Å². The van der Waals surface area contributed by atoms with Crippen molar-refractivity contribution >= 4 is 28.8 Å². The predicted octanol–water partition coefficient (Wildman–Crippen LogP) is 4.94. The first-order valence-electron chi connectivity index (χ1n) is 7.93. The van der Waals surface area contributed by atoms with Gasteiger partial charge in [0.05, 0.1) is 23.4 Å². The topological polar surface area (TPSA) is 97.4 Å². The van der Waals surface area contributed by atoms with Crippen LogP contribution >= 0.6 is 23.2 Å². The second-order valence-electron chi connectivity index (χ2n) is 6.05. The van der Waals surface area contributed by atoms with Crippen LogP contribution in [0.1, 0.15) is 17.0 Å². The molecular formula is C21H12Cl2N4. The number of hydrogen-bond donors (Lipinski definition) is 1. The first-order chi connectivity index (χ1) is 13.0. The average Bonchev–Trinajstić information content (AvgIpc) is 2.68. The minimum Gasteiger partial charge on any atom is -0.399 e. The number of hydrogen-bond acceptors (Lipinski definition) is 4. The summed E-state index contributed by atoms with van der Waals surface area (Å²) < 4.78 is 0. The summed E-state index contributed by atoms with van der Waals surface area (Å²) in [6, 6.07) is 20.0. The molecule has 0 bridgehead atoms. The van der Waals surface area contributed by atoms with Crippen LogP contribution in [0.4, 0.5) is 0 Å². The summed E-state index contributed by atoms with van der Waals surface area (Å²) in [5.74, 6) is -0.671. The van der Waals surface area contributed by atoms with Crippen LogP contribution in [-0.4, -0.2) is 0 Å². The van der Waals surface area contributed by atoms with Crippen molar-refractivity contribution in [2.75, 3.05) is 0 Å². The van der Waals surface area contributed by atoms with Crippen molar-refractivity contribution in [1.82, 2.24) is 0 Å². The van der Waals surface area contributed by atoms with Crippen LogP contribution in [0.5, 0.6) is 0 Å². The molecule has 1 aliphatic rings. The van der Waals surface area contributed by atoms with Crippen molar-refractivity contribution in [2.45, 2.75) is 5.92 Å². The van der Waals surface area contributed by atoms with E-state index in [2.05, 4.69) is 0 Å². The van der Waals surface area contributed by atoms with Crippen LogP contribution in [0.15, 0.2) is 65.9 Å². The Bertz CT molecular complexity index is 1080. The molecule has 3 rings (SSSR count). The molecule has 4 nitrogen and oxygen atoms in total. The lowest BCUT2D eigenvalue weighted by atomic mass is 9.65. The van der Waals surface area contributed by atoms with Crippen LogP contribution < -0.4 is 5.73 Å². The maximum Gasteiger partial charge on any atom is 0.194 e. The number of nitriles is 3. The fourth-order valence-electron chi connectivity index (χ4n) is 3.20. The highest BCUT2D eigenvalue weighted by Crippen LogP contribution is 2.49. The molecule has 2 aromatic carbocycles. The molecule has 0 amide bonds. The number of allylic oxidation sites excluding steroid dienone is 4. The molecule has 2 N–H and O–H groups in total. The maximum atomic E-state index is 9.84. The first-order valence-corrected chi connectivity index (χ1v) is 8.69. The molecule has 130 valence electrons. The molecule has 0 spiro atoms. The molecule has 0 saturated heterocycles. The van der Waals surface area contributed by atoms with Crippen molar-refractivity contribution in [3.63, 3.8) is 0 Å². The Labute approximate surface area is 167 Å². The average molecular weight is 391 g/mol. The third-order valence-corrected chi connectivity index (χ3v) is 5.08. The van der Waals surface area contributed by atoms with E-state index in [1.165, 1.54) is 0 Å². The van der Waals surface area contributed by atoms with Gasteiger partial charge in [0.25, 0.3) is 0 Å². The Balaban J connectivity index is 2.31. The van der Waals surface area contributed by atoms with Crippen LogP contribution in [0.2, 0.25) is 10.0 Å². The Hall–Kier alpha value is -3.23. The largest absolute Gasteiger partial charge is 0.399 e. The molecule has 0 saturated carbocycles. The lowest BCUT2D eigenvalue weighted by Gasteiger charge is -2.33. The molecule has 0 heterocycles. The number of nitrogens with zero attached hydrogens (tertiary/aromatic N) is 3. The molecular weight excluding hydrogens is 379 g/mol. The summed E-state index contributed by atoms with van der Waals surface area (Å²) in [6.45, 7) is 0. The molecule has 0 aromatic heterocycles. The van der Waals surface area contributed by atoms with Gasteiger partial charge in [0.2, 0.25) is 0 Å². The molecule has 27 heavy (non-hydrogen) atoms. The number of halogens is 2. The molecule has 6 heteroatoms. The van der Waals surface area contributed by atoms with Crippen LogP contribution in [0, 0.1) is 39.4 Å². The van der Waals surface area contributed by atoms with Gasteiger partial charge in [-0.25, -0.2) is 0 Å². The zero-order valence-electron chi connectivity index (χ0n) is 13.9. The van der Waals surface area contributed by atoms with Gasteiger partial charge >= 0.3 is 0 Å². The molecule has 2 aromatic rings. The first kappa shape index (κ1) is 18.6. The minimum absolute atomic E-state index is 0.0626. The second-order valence-corrected chi connectivity index (χ2v) is 6.92. The molecule has 0 aliphatic heterocycles. The Morgan fingerprint density at radius 1 is 0.926 bits per heavy atom. The van der Waals surface area contributed by atoms with E-state index < -0.39 is 11.3 Å². The van der Waals surface area contributed by atoms with Crippen LogP contribution in [0.3, 0.4) is 0 Å². The highest BCUT2D eigenvalue weighted by atomic mass is 35.5. The fourth-order valence-corrected chi connectivity index (χ4v) is 3.52. The van der Waals surface area contributed by atoms with Gasteiger partial charge in [0.15, 0.2) is 5.41 Å². The lowest BCUT2D eigenvalue weighted by molar-refractivity contribution is 0.534. The zero-order valence-corrected chi connectivity index (χ0v) is 15.5. The zero-order chi connectivity index (χ0) is 19.6. The van der Waals surface area contributed by atoms with Crippen molar-refractivity contribution in [3.8, 4) is 18.2 Å². The van der Waals surface area contributed by atoms with E-state index in [4.69, 9.17) is 28.9 Å². The molecule has 1 unspecified atom stereocenters. The molecule has 1 atom stereocenters. The number of nitrogens with two attached hydrogens (primary N) is 1. The van der Waals surface area contributed by atoms with E-state index in [0.717, 1.165) is 0 Å². The van der Waals surface area contributed by atoms with E-state index in [9.17, 15) is 15.8 Å². The monoisotopic (exact) mass is 390 g/mol. The van der Waals surface area contributed by atoms with Gasteiger partial charge in [-0.3, -0.25) is 0 Å². The van der Waals surface area contributed by atoms with Gasteiger partial charge < -0.3 is 5.73 Å². The standard InChI is InChI=1S/C21H12Cl2N4/c22-15-6-4-13(5-7-15)19-9-17(14-2-1-3-16(23)8-14)18(10-24)20(27)21(19,11-25)12-26/h1-9,19H,27H2. The lowest BCUT2D eigenvalue weighted by Crippen LogP contribution is -2.35. The summed E-state index contributed by atoms with van der Waals surface area (Å²) in [4.78, 5) is 0. The molecule has 0 fully saturated rings. The number of rotatable bonds is 2. The highest BCUT2D eigenvalue weighted by molar-refractivity contribution is 6.31. The predicted molar refractivity (Wildman–Crippen MR) is 104 cm³/mol. The maximum absolute atomic E-state index is 9.84. The van der Waals surface area contributed by atoms with E-state index in [1.807, 2.05) is 18.2 Å². The summed E-state index contributed by atoms with van der Waals surface area (Å²) in [5, 5.41) is 30.4. The van der Waals surface area contributed by atoms with Gasteiger partial charge in [-0.05, 0) is 41.0 Å². The molecule has 0 radical (unpaired) electrons. The second kappa shape index (κ2) is 7.18. The van der Waals surface area contributed by atoms with Crippen LogP contribution in [-0.2, 0) is 0 Å². The van der Waals surface area contributed by atoms with E-state index in [0.29, 0.717) is 26.7 Å². The van der Waals surface area contributed by atoms with Gasteiger partial charge in [0.1, 0.15) is 6.07 Å². The Kier molecular flexibility index (Phi) is 4.93. The van der Waals surface area contributed by atoms with Crippen molar-refractivity contribution in [3.05, 3.63) is 87.0 Å². The van der Waals surface area contributed by atoms with E-state index in [1.54, 1.807) is 54.6 Å². The smallest absolute Gasteiger partial charge is 0.194 e.